The highest BCUT2D eigenvalue weighted by Crippen LogP contribution is 2.26. The molecule has 6 heteroatoms. The summed E-state index contributed by atoms with van der Waals surface area (Å²) in [7, 11) is 0. The molecule has 0 N–H and O–H groups in total. The monoisotopic (exact) mass is 343 g/mol. The Kier molecular flexibility index (Phi) is 5.39. The molecule has 0 saturated heterocycles. The summed E-state index contributed by atoms with van der Waals surface area (Å²) in [5.41, 5.74) is 0.0944. The minimum Gasteiger partial charge on any atom is -0.330 e. The molecule has 1 aromatic heterocycles. The van der Waals surface area contributed by atoms with Crippen molar-refractivity contribution in [3.05, 3.63) is 68.6 Å². The van der Waals surface area contributed by atoms with Crippen LogP contribution in [0.4, 0.5) is 4.39 Å². The number of hydrogen-bond acceptors (Lipinski definition) is 2. The Morgan fingerprint density at radius 1 is 1.38 bits per heavy atom. The Morgan fingerprint density at radius 3 is 2.76 bits per heavy atom. The zero-order valence-electron chi connectivity index (χ0n) is 11.0. The van der Waals surface area contributed by atoms with Crippen LogP contribution >= 0.6 is 34.5 Å². The standard InChI is InChI=1S/C15H12Cl2FNOS/c1-2-5-19(9-10-4-3-6-21-10)15(20)11-7-14(18)13(17)8-12(11)16/h2-4,6-8H,1,5,9H2. The van der Waals surface area contributed by atoms with Crippen LogP contribution in [-0.2, 0) is 6.54 Å². The lowest BCUT2D eigenvalue weighted by atomic mass is 10.2. The highest BCUT2D eigenvalue weighted by atomic mass is 35.5. The molecule has 0 spiro atoms. The van der Waals surface area contributed by atoms with Crippen LogP contribution in [0.3, 0.4) is 0 Å². The topological polar surface area (TPSA) is 20.3 Å². The van der Waals surface area contributed by atoms with Crippen molar-refractivity contribution < 1.29 is 9.18 Å². The normalized spacial score (nSPS) is 10.4. The minimum atomic E-state index is -0.668. The van der Waals surface area contributed by atoms with Gasteiger partial charge in [0.1, 0.15) is 5.82 Å². The third-order valence-corrected chi connectivity index (χ3v) is 4.27. The molecule has 0 bridgehead atoms. The zero-order valence-corrected chi connectivity index (χ0v) is 13.3. The third kappa shape index (κ3) is 3.84. The molecular weight excluding hydrogens is 332 g/mol. The maximum atomic E-state index is 13.6. The Bertz CT molecular complexity index is 658. The number of halogens is 3. The predicted octanol–water partition coefficient (Wildman–Crippen LogP) is 5.02. The average Bonchev–Trinajstić information content (AvgIpc) is 2.94. The number of rotatable bonds is 5. The fourth-order valence-corrected chi connectivity index (χ4v) is 3.01. The Labute approximate surface area is 136 Å². The van der Waals surface area contributed by atoms with Crippen molar-refractivity contribution in [1.29, 1.82) is 0 Å². The van der Waals surface area contributed by atoms with Crippen molar-refractivity contribution in [2.75, 3.05) is 6.54 Å². The van der Waals surface area contributed by atoms with Crippen LogP contribution in [-0.4, -0.2) is 17.4 Å². The lowest BCUT2D eigenvalue weighted by molar-refractivity contribution is 0.0764. The molecule has 2 rings (SSSR count). The van der Waals surface area contributed by atoms with E-state index in [1.165, 1.54) is 6.07 Å². The van der Waals surface area contributed by atoms with E-state index in [4.69, 9.17) is 23.2 Å². The number of thiophene rings is 1. The smallest absolute Gasteiger partial charge is 0.256 e. The fourth-order valence-electron chi connectivity index (χ4n) is 1.82. The maximum Gasteiger partial charge on any atom is 0.256 e. The fraction of sp³-hybridized carbons (Fsp3) is 0.133. The number of carbonyl (C=O) groups excluding carboxylic acids is 1. The molecule has 0 saturated carbocycles. The van der Waals surface area contributed by atoms with Gasteiger partial charge in [-0.05, 0) is 23.6 Å². The second-order valence-corrected chi connectivity index (χ2v) is 6.15. The predicted molar refractivity (Wildman–Crippen MR) is 85.7 cm³/mol. The number of nitrogens with zero attached hydrogens (tertiary/aromatic N) is 1. The van der Waals surface area contributed by atoms with Crippen molar-refractivity contribution in [3.8, 4) is 0 Å². The van der Waals surface area contributed by atoms with Crippen molar-refractivity contribution >= 4 is 40.4 Å². The zero-order chi connectivity index (χ0) is 15.4. The van der Waals surface area contributed by atoms with E-state index >= 15 is 0 Å². The molecule has 0 fully saturated rings. The number of hydrogen-bond donors (Lipinski definition) is 0. The second-order valence-electron chi connectivity index (χ2n) is 4.30. The van der Waals surface area contributed by atoms with E-state index in [0.717, 1.165) is 10.9 Å². The molecule has 110 valence electrons. The molecule has 0 unspecified atom stereocenters. The van der Waals surface area contributed by atoms with Gasteiger partial charge in [0.05, 0.1) is 22.2 Å². The lowest BCUT2D eigenvalue weighted by Gasteiger charge is -2.21. The molecule has 21 heavy (non-hydrogen) atoms. The van der Waals surface area contributed by atoms with Crippen molar-refractivity contribution in [2.24, 2.45) is 0 Å². The summed E-state index contributed by atoms with van der Waals surface area (Å²) in [6, 6.07) is 6.14. The first-order valence-corrected chi connectivity index (χ1v) is 7.73. The molecule has 1 amide bonds. The average molecular weight is 344 g/mol. The molecule has 2 nitrogen and oxygen atoms in total. The van der Waals surface area contributed by atoms with Crippen LogP contribution in [0, 0.1) is 5.82 Å². The molecule has 2 aromatic rings. The molecular formula is C15H12Cl2FNOS. The van der Waals surface area contributed by atoms with Gasteiger partial charge >= 0.3 is 0 Å². The summed E-state index contributed by atoms with van der Waals surface area (Å²) in [6.07, 6.45) is 1.62. The van der Waals surface area contributed by atoms with Crippen LogP contribution in [0.5, 0.6) is 0 Å². The number of carbonyl (C=O) groups is 1. The van der Waals surface area contributed by atoms with Gasteiger partial charge in [-0.15, -0.1) is 17.9 Å². The van der Waals surface area contributed by atoms with Crippen LogP contribution < -0.4 is 0 Å². The Hall–Kier alpha value is -1.36. The first-order chi connectivity index (χ1) is 10.0. The first kappa shape index (κ1) is 16.0. The maximum absolute atomic E-state index is 13.6. The van der Waals surface area contributed by atoms with Gasteiger partial charge in [-0.2, -0.15) is 0 Å². The SMILES string of the molecule is C=CCN(Cc1cccs1)C(=O)c1cc(F)c(Cl)cc1Cl. The molecule has 0 aliphatic heterocycles. The van der Waals surface area contributed by atoms with E-state index in [1.807, 2.05) is 17.5 Å². The van der Waals surface area contributed by atoms with Crippen LogP contribution in [0.2, 0.25) is 10.0 Å². The van der Waals surface area contributed by atoms with E-state index < -0.39 is 5.82 Å². The quantitative estimate of drug-likeness (QED) is 0.551. The van der Waals surface area contributed by atoms with E-state index in [0.29, 0.717) is 13.1 Å². The molecule has 1 aromatic carbocycles. The van der Waals surface area contributed by atoms with Gasteiger partial charge in [0.15, 0.2) is 0 Å². The van der Waals surface area contributed by atoms with Gasteiger partial charge in [-0.1, -0.05) is 35.3 Å². The molecule has 0 aliphatic rings. The Balaban J connectivity index is 2.30. The minimum absolute atomic E-state index is 0.0944. The van der Waals surface area contributed by atoms with E-state index in [9.17, 15) is 9.18 Å². The molecule has 0 aliphatic carbocycles. The van der Waals surface area contributed by atoms with Crippen molar-refractivity contribution in [3.63, 3.8) is 0 Å². The highest BCUT2D eigenvalue weighted by Gasteiger charge is 2.20. The van der Waals surface area contributed by atoms with Crippen LogP contribution in [0.15, 0.2) is 42.3 Å². The number of benzene rings is 1. The largest absolute Gasteiger partial charge is 0.330 e. The van der Waals surface area contributed by atoms with Crippen LogP contribution in [0.1, 0.15) is 15.2 Å². The van der Waals surface area contributed by atoms with Gasteiger partial charge in [0, 0.05) is 11.4 Å². The van der Waals surface area contributed by atoms with Crippen molar-refractivity contribution in [2.45, 2.75) is 6.54 Å². The van der Waals surface area contributed by atoms with Gasteiger partial charge in [-0.25, -0.2) is 4.39 Å². The van der Waals surface area contributed by atoms with Crippen molar-refractivity contribution in [1.82, 2.24) is 4.90 Å². The summed E-state index contributed by atoms with van der Waals surface area (Å²) < 4.78 is 13.6. The van der Waals surface area contributed by atoms with E-state index in [2.05, 4.69) is 6.58 Å². The van der Waals surface area contributed by atoms with Gasteiger partial charge in [-0.3, -0.25) is 4.79 Å². The van der Waals surface area contributed by atoms with Gasteiger partial charge in [0.2, 0.25) is 0 Å². The Morgan fingerprint density at radius 2 is 2.14 bits per heavy atom. The summed E-state index contributed by atoms with van der Waals surface area (Å²) in [4.78, 5) is 15.1. The van der Waals surface area contributed by atoms with Gasteiger partial charge < -0.3 is 4.90 Å². The molecule has 1 heterocycles. The molecule has 0 atom stereocenters. The third-order valence-electron chi connectivity index (χ3n) is 2.80. The van der Waals surface area contributed by atoms with Gasteiger partial charge in [0.25, 0.3) is 5.91 Å². The summed E-state index contributed by atoms with van der Waals surface area (Å²) in [6.45, 7) is 4.41. The summed E-state index contributed by atoms with van der Waals surface area (Å²) >= 11 is 13.2. The first-order valence-electron chi connectivity index (χ1n) is 6.10. The highest BCUT2D eigenvalue weighted by molar-refractivity contribution is 7.09. The second kappa shape index (κ2) is 7.07. The van der Waals surface area contributed by atoms with E-state index in [-0.39, 0.29) is 21.5 Å². The van der Waals surface area contributed by atoms with E-state index in [1.54, 1.807) is 22.3 Å². The lowest BCUT2D eigenvalue weighted by Crippen LogP contribution is -2.30. The summed E-state index contributed by atoms with van der Waals surface area (Å²) in [5, 5.41) is 1.96. The van der Waals surface area contributed by atoms with Crippen LogP contribution in [0.25, 0.3) is 0 Å². The number of amides is 1. The molecule has 0 radical (unpaired) electrons. The summed E-state index contributed by atoms with van der Waals surface area (Å²) in [5.74, 6) is -1.03.